The zero-order valence-electron chi connectivity index (χ0n) is 9.30. The first-order valence-electron chi connectivity index (χ1n) is 5.29. The first-order valence-corrected chi connectivity index (χ1v) is 5.29. The molecule has 0 aliphatic heterocycles. The largest absolute Gasteiger partial charge is 0.466 e. The summed E-state index contributed by atoms with van der Waals surface area (Å²) >= 11 is 0. The summed E-state index contributed by atoms with van der Waals surface area (Å²) < 4.78 is 4.82. The van der Waals surface area contributed by atoms with E-state index in [2.05, 4.69) is 6.92 Å². The van der Waals surface area contributed by atoms with E-state index >= 15 is 0 Å². The smallest absolute Gasteiger partial charge is 0.305 e. The molecule has 0 bridgehead atoms. The number of rotatable bonds is 5. The van der Waals surface area contributed by atoms with Crippen LogP contribution in [0, 0.1) is 5.41 Å². The van der Waals surface area contributed by atoms with Crippen LogP contribution in [-0.4, -0.2) is 23.3 Å². The Balaban J connectivity index is 2.33. The van der Waals surface area contributed by atoms with Gasteiger partial charge in [0.05, 0.1) is 12.2 Å². The van der Waals surface area contributed by atoms with Crippen LogP contribution >= 0.6 is 0 Å². The van der Waals surface area contributed by atoms with Gasteiger partial charge in [0.2, 0.25) is 0 Å². The topological polar surface area (TPSA) is 46.5 Å². The van der Waals surface area contributed by atoms with Gasteiger partial charge in [0.15, 0.2) is 0 Å². The fourth-order valence-corrected chi connectivity index (χ4v) is 1.61. The average molecular weight is 200 g/mol. The third-order valence-electron chi connectivity index (χ3n) is 3.42. The third-order valence-corrected chi connectivity index (χ3v) is 3.42. The van der Waals surface area contributed by atoms with Crippen LogP contribution in [-0.2, 0) is 9.53 Å². The monoisotopic (exact) mass is 200 g/mol. The zero-order chi connectivity index (χ0) is 10.8. The quantitative estimate of drug-likeness (QED) is 0.689. The second-order valence-corrected chi connectivity index (χ2v) is 4.64. The van der Waals surface area contributed by atoms with Crippen molar-refractivity contribution in [2.45, 2.75) is 52.1 Å². The normalized spacial score (nSPS) is 22.6. The van der Waals surface area contributed by atoms with E-state index in [4.69, 9.17) is 4.74 Å². The average Bonchev–Trinajstić information content (AvgIpc) is 2.83. The molecule has 0 amide bonds. The van der Waals surface area contributed by atoms with Gasteiger partial charge >= 0.3 is 5.97 Å². The summed E-state index contributed by atoms with van der Waals surface area (Å²) in [6.45, 7) is 6.09. The molecule has 1 N–H and O–H groups in total. The van der Waals surface area contributed by atoms with Crippen LogP contribution < -0.4 is 0 Å². The standard InChI is InChI=1S/C11H20O3/c1-4-14-9(12)5-6-11(3,13)10(2)7-8-10/h13H,4-8H2,1-3H3. The van der Waals surface area contributed by atoms with Crippen molar-refractivity contribution in [2.24, 2.45) is 5.41 Å². The van der Waals surface area contributed by atoms with Gasteiger partial charge in [-0.3, -0.25) is 4.79 Å². The van der Waals surface area contributed by atoms with Gasteiger partial charge in [-0.1, -0.05) is 6.92 Å². The van der Waals surface area contributed by atoms with Crippen molar-refractivity contribution in [3.05, 3.63) is 0 Å². The fourth-order valence-electron chi connectivity index (χ4n) is 1.61. The van der Waals surface area contributed by atoms with Gasteiger partial charge in [-0.2, -0.15) is 0 Å². The maximum atomic E-state index is 11.1. The van der Waals surface area contributed by atoms with E-state index in [1.807, 2.05) is 6.92 Å². The Hall–Kier alpha value is -0.570. The zero-order valence-corrected chi connectivity index (χ0v) is 9.30. The van der Waals surface area contributed by atoms with Gasteiger partial charge in [0.25, 0.3) is 0 Å². The highest BCUT2D eigenvalue weighted by Crippen LogP contribution is 2.55. The molecule has 0 radical (unpaired) electrons. The lowest BCUT2D eigenvalue weighted by molar-refractivity contribution is -0.145. The first-order chi connectivity index (χ1) is 6.41. The van der Waals surface area contributed by atoms with E-state index < -0.39 is 5.60 Å². The number of ether oxygens (including phenoxy) is 1. The van der Waals surface area contributed by atoms with Gasteiger partial charge in [0.1, 0.15) is 0 Å². The van der Waals surface area contributed by atoms with Crippen LogP contribution in [0.4, 0.5) is 0 Å². The van der Waals surface area contributed by atoms with Crippen molar-refractivity contribution >= 4 is 5.97 Å². The van der Waals surface area contributed by atoms with E-state index in [-0.39, 0.29) is 11.4 Å². The molecule has 1 saturated carbocycles. The van der Waals surface area contributed by atoms with Gasteiger partial charge < -0.3 is 9.84 Å². The molecule has 0 heterocycles. The SMILES string of the molecule is CCOC(=O)CCC(C)(O)C1(C)CC1. The van der Waals surface area contributed by atoms with Crippen LogP contribution in [0.5, 0.6) is 0 Å². The molecule has 1 fully saturated rings. The molecule has 1 aliphatic carbocycles. The summed E-state index contributed by atoms with van der Waals surface area (Å²) in [7, 11) is 0. The molecule has 1 rings (SSSR count). The molecule has 1 atom stereocenters. The second kappa shape index (κ2) is 3.89. The lowest BCUT2D eigenvalue weighted by Gasteiger charge is -2.30. The number of carbonyl (C=O) groups excluding carboxylic acids is 1. The Labute approximate surface area is 85.5 Å². The number of hydrogen-bond acceptors (Lipinski definition) is 3. The molecule has 0 aromatic carbocycles. The summed E-state index contributed by atoms with van der Waals surface area (Å²) in [6.07, 6.45) is 2.93. The van der Waals surface area contributed by atoms with Crippen molar-refractivity contribution in [3.63, 3.8) is 0 Å². The maximum Gasteiger partial charge on any atom is 0.305 e. The molecule has 1 unspecified atom stereocenters. The van der Waals surface area contributed by atoms with Crippen LogP contribution in [0.3, 0.4) is 0 Å². The molecule has 0 saturated heterocycles. The predicted octanol–water partition coefficient (Wildman–Crippen LogP) is 1.88. The van der Waals surface area contributed by atoms with Crippen LogP contribution in [0.15, 0.2) is 0 Å². The Kier molecular flexibility index (Phi) is 3.20. The Bertz CT molecular complexity index is 217. The predicted molar refractivity (Wildman–Crippen MR) is 53.8 cm³/mol. The Morgan fingerprint density at radius 2 is 2.14 bits per heavy atom. The molecule has 1 aliphatic rings. The van der Waals surface area contributed by atoms with E-state index in [1.165, 1.54) is 0 Å². The van der Waals surface area contributed by atoms with Gasteiger partial charge in [-0.15, -0.1) is 0 Å². The van der Waals surface area contributed by atoms with Crippen molar-refractivity contribution < 1.29 is 14.6 Å². The highest BCUT2D eigenvalue weighted by molar-refractivity contribution is 5.69. The highest BCUT2D eigenvalue weighted by atomic mass is 16.5. The van der Waals surface area contributed by atoms with E-state index in [1.54, 1.807) is 6.92 Å². The van der Waals surface area contributed by atoms with Gasteiger partial charge in [-0.25, -0.2) is 0 Å². The number of carbonyl (C=O) groups is 1. The van der Waals surface area contributed by atoms with E-state index in [0.29, 0.717) is 19.4 Å². The summed E-state index contributed by atoms with van der Waals surface area (Å²) in [5.41, 5.74) is -0.695. The summed E-state index contributed by atoms with van der Waals surface area (Å²) in [4.78, 5) is 11.1. The molecule has 14 heavy (non-hydrogen) atoms. The van der Waals surface area contributed by atoms with E-state index in [0.717, 1.165) is 12.8 Å². The summed E-state index contributed by atoms with van der Waals surface area (Å²) in [5, 5.41) is 10.1. The fraction of sp³-hybridized carbons (Fsp3) is 0.909. The molecule has 0 aromatic heterocycles. The van der Waals surface area contributed by atoms with Gasteiger partial charge in [-0.05, 0) is 38.5 Å². The van der Waals surface area contributed by atoms with Crippen molar-refractivity contribution in [1.29, 1.82) is 0 Å². The van der Waals surface area contributed by atoms with Crippen molar-refractivity contribution in [1.82, 2.24) is 0 Å². The molecule has 3 heteroatoms. The number of esters is 1. The highest BCUT2D eigenvalue weighted by Gasteiger charge is 2.51. The molecular weight excluding hydrogens is 180 g/mol. The number of aliphatic hydroxyl groups is 1. The first kappa shape index (κ1) is 11.5. The molecular formula is C11H20O3. The van der Waals surface area contributed by atoms with Crippen molar-refractivity contribution in [2.75, 3.05) is 6.61 Å². The summed E-state index contributed by atoms with van der Waals surface area (Å²) in [5.74, 6) is -0.211. The van der Waals surface area contributed by atoms with Gasteiger partial charge in [0, 0.05) is 6.42 Å². The number of hydrogen-bond donors (Lipinski definition) is 1. The molecule has 0 aromatic rings. The van der Waals surface area contributed by atoms with Crippen LogP contribution in [0.2, 0.25) is 0 Å². The molecule has 82 valence electrons. The Morgan fingerprint density at radius 3 is 2.57 bits per heavy atom. The van der Waals surface area contributed by atoms with Crippen molar-refractivity contribution in [3.8, 4) is 0 Å². The second-order valence-electron chi connectivity index (χ2n) is 4.64. The molecule has 3 nitrogen and oxygen atoms in total. The third kappa shape index (κ3) is 2.47. The Morgan fingerprint density at radius 1 is 1.57 bits per heavy atom. The van der Waals surface area contributed by atoms with Crippen LogP contribution in [0.25, 0.3) is 0 Å². The van der Waals surface area contributed by atoms with E-state index in [9.17, 15) is 9.90 Å². The lowest BCUT2D eigenvalue weighted by atomic mass is 9.84. The lowest BCUT2D eigenvalue weighted by Crippen LogP contribution is -2.35. The minimum absolute atomic E-state index is 0.0273. The van der Waals surface area contributed by atoms with Crippen LogP contribution in [0.1, 0.15) is 46.5 Å². The summed E-state index contributed by atoms with van der Waals surface area (Å²) in [6, 6.07) is 0. The maximum absolute atomic E-state index is 11.1. The molecule has 0 spiro atoms. The minimum Gasteiger partial charge on any atom is -0.466 e. The minimum atomic E-state index is -0.722.